The predicted octanol–water partition coefficient (Wildman–Crippen LogP) is 2.27. The van der Waals surface area contributed by atoms with Crippen molar-refractivity contribution in [1.29, 1.82) is 0 Å². The van der Waals surface area contributed by atoms with Gasteiger partial charge in [-0.2, -0.15) is 0 Å². The molecule has 8 heteroatoms. The summed E-state index contributed by atoms with van der Waals surface area (Å²) in [5.74, 6) is -4.77. The molecule has 1 unspecified atom stereocenters. The lowest BCUT2D eigenvalue weighted by atomic mass is 10.2. The number of benzene rings is 1. The Kier molecular flexibility index (Phi) is 3.52. The number of fused-ring (bicyclic) bond motifs is 1. The van der Waals surface area contributed by atoms with E-state index in [1.165, 1.54) is 17.0 Å². The topological polar surface area (TPSA) is 49.6 Å². The SMILES string of the molecule is O=C(C1CC1(F)F)N1CCN(Cc2noc3cc(F)ccc23)CC1. The van der Waals surface area contributed by atoms with Crippen LogP contribution in [0.3, 0.4) is 0 Å². The third kappa shape index (κ3) is 2.75. The summed E-state index contributed by atoms with van der Waals surface area (Å²) >= 11 is 0. The van der Waals surface area contributed by atoms with Gasteiger partial charge in [-0.25, -0.2) is 13.2 Å². The predicted molar refractivity (Wildman–Crippen MR) is 78.9 cm³/mol. The highest BCUT2D eigenvalue weighted by Gasteiger charge is 2.62. The summed E-state index contributed by atoms with van der Waals surface area (Å²) in [7, 11) is 0. The zero-order valence-electron chi connectivity index (χ0n) is 12.8. The Morgan fingerprint density at radius 3 is 2.67 bits per heavy atom. The van der Waals surface area contributed by atoms with Gasteiger partial charge in [0.05, 0.1) is 0 Å². The molecule has 1 saturated carbocycles. The Hall–Kier alpha value is -2.09. The second kappa shape index (κ2) is 5.47. The maximum Gasteiger partial charge on any atom is 0.260 e. The number of carbonyl (C=O) groups excluding carboxylic acids is 1. The molecule has 1 aliphatic carbocycles. The van der Waals surface area contributed by atoms with Crippen molar-refractivity contribution in [3.05, 3.63) is 29.7 Å². The summed E-state index contributed by atoms with van der Waals surface area (Å²) < 4.78 is 44.3. The van der Waals surface area contributed by atoms with Gasteiger partial charge in [-0.05, 0) is 12.1 Å². The summed E-state index contributed by atoms with van der Waals surface area (Å²) in [5, 5.41) is 4.74. The Bertz CT molecular complexity index is 784. The van der Waals surface area contributed by atoms with E-state index in [-0.39, 0.29) is 12.2 Å². The smallest absolute Gasteiger partial charge is 0.260 e. The second-order valence-electron chi connectivity index (χ2n) is 6.39. The fourth-order valence-corrected chi connectivity index (χ4v) is 3.12. The van der Waals surface area contributed by atoms with Gasteiger partial charge in [-0.15, -0.1) is 0 Å². The van der Waals surface area contributed by atoms with Crippen LogP contribution in [0.25, 0.3) is 11.0 Å². The number of alkyl halides is 2. The molecule has 2 aromatic rings. The molecule has 0 bridgehead atoms. The minimum Gasteiger partial charge on any atom is -0.356 e. The molecule has 0 spiro atoms. The van der Waals surface area contributed by atoms with E-state index in [2.05, 4.69) is 10.1 Å². The normalized spacial score (nSPS) is 23.6. The van der Waals surface area contributed by atoms with Crippen LogP contribution in [0.1, 0.15) is 12.1 Å². The number of carbonyl (C=O) groups is 1. The maximum atomic E-state index is 13.2. The average molecular weight is 339 g/mol. The quantitative estimate of drug-likeness (QED) is 0.861. The van der Waals surface area contributed by atoms with Crippen molar-refractivity contribution >= 4 is 16.9 Å². The van der Waals surface area contributed by atoms with Crippen LogP contribution in [0.2, 0.25) is 0 Å². The summed E-state index contributed by atoms with van der Waals surface area (Å²) in [6, 6.07) is 4.28. The minimum absolute atomic E-state index is 0.326. The first-order valence-corrected chi connectivity index (χ1v) is 7.87. The second-order valence-corrected chi connectivity index (χ2v) is 6.39. The average Bonchev–Trinajstić information content (AvgIpc) is 3.02. The van der Waals surface area contributed by atoms with Gasteiger partial charge in [0.15, 0.2) is 5.58 Å². The highest BCUT2D eigenvalue weighted by atomic mass is 19.3. The van der Waals surface area contributed by atoms with Gasteiger partial charge < -0.3 is 9.42 Å². The van der Waals surface area contributed by atoms with Crippen LogP contribution < -0.4 is 0 Å². The van der Waals surface area contributed by atoms with Gasteiger partial charge in [0.25, 0.3) is 5.92 Å². The van der Waals surface area contributed by atoms with E-state index >= 15 is 0 Å². The van der Waals surface area contributed by atoms with Crippen molar-refractivity contribution in [1.82, 2.24) is 15.0 Å². The maximum absolute atomic E-state index is 13.2. The molecule has 1 aromatic heterocycles. The fraction of sp³-hybridized carbons (Fsp3) is 0.500. The number of nitrogens with zero attached hydrogens (tertiary/aromatic N) is 3. The number of aromatic nitrogens is 1. The molecule has 24 heavy (non-hydrogen) atoms. The Labute approximate surface area is 136 Å². The highest BCUT2D eigenvalue weighted by molar-refractivity contribution is 5.83. The van der Waals surface area contributed by atoms with E-state index in [1.807, 2.05) is 0 Å². The lowest BCUT2D eigenvalue weighted by Gasteiger charge is -2.34. The number of amides is 1. The van der Waals surface area contributed by atoms with Crippen molar-refractivity contribution in [2.75, 3.05) is 26.2 Å². The van der Waals surface area contributed by atoms with Crippen LogP contribution in [0, 0.1) is 11.7 Å². The van der Waals surface area contributed by atoms with Crippen LogP contribution in [-0.4, -0.2) is 53.0 Å². The molecule has 2 heterocycles. The fourth-order valence-electron chi connectivity index (χ4n) is 3.12. The van der Waals surface area contributed by atoms with Crippen molar-refractivity contribution in [2.45, 2.75) is 18.9 Å². The number of halogens is 3. The highest BCUT2D eigenvalue weighted by Crippen LogP contribution is 2.49. The molecule has 2 fully saturated rings. The molecule has 0 radical (unpaired) electrons. The van der Waals surface area contributed by atoms with Gasteiger partial charge in [-0.3, -0.25) is 9.69 Å². The Morgan fingerprint density at radius 1 is 1.29 bits per heavy atom. The monoisotopic (exact) mass is 339 g/mol. The molecular weight excluding hydrogens is 323 g/mol. The third-order valence-electron chi connectivity index (χ3n) is 4.69. The molecule has 1 atom stereocenters. The molecule has 2 aliphatic rings. The minimum atomic E-state index is -2.82. The van der Waals surface area contributed by atoms with Gasteiger partial charge in [0, 0.05) is 50.6 Å². The zero-order valence-corrected chi connectivity index (χ0v) is 12.8. The van der Waals surface area contributed by atoms with Gasteiger partial charge in [-0.1, -0.05) is 5.16 Å². The molecule has 5 nitrogen and oxygen atoms in total. The lowest BCUT2D eigenvalue weighted by molar-refractivity contribution is -0.136. The van der Waals surface area contributed by atoms with Crippen molar-refractivity contribution in [3.63, 3.8) is 0 Å². The first-order chi connectivity index (χ1) is 11.4. The lowest BCUT2D eigenvalue weighted by Crippen LogP contribution is -2.49. The first kappa shape index (κ1) is 15.4. The van der Waals surface area contributed by atoms with E-state index in [0.29, 0.717) is 44.0 Å². The van der Waals surface area contributed by atoms with Gasteiger partial charge in [0.1, 0.15) is 17.4 Å². The zero-order chi connectivity index (χ0) is 16.9. The molecule has 1 amide bonds. The summed E-state index contributed by atoms with van der Waals surface area (Å²) in [4.78, 5) is 15.6. The van der Waals surface area contributed by atoms with Gasteiger partial charge >= 0.3 is 0 Å². The molecule has 4 rings (SSSR count). The molecule has 1 saturated heterocycles. The van der Waals surface area contributed by atoms with Crippen molar-refractivity contribution in [2.24, 2.45) is 5.92 Å². The number of hydrogen-bond donors (Lipinski definition) is 0. The van der Waals surface area contributed by atoms with Crippen LogP contribution >= 0.6 is 0 Å². The largest absolute Gasteiger partial charge is 0.356 e. The Morgan fingerprint density at radius 2 is 2.00 bits per heavy atom. The third-order valence-corrected chi connectivity index (χ3v) is 4.69. The van der Waals surface area contributed by atoms with E-state index in [4.69, 9.17) is 4.52 Å². The van der Waals surface area contributed by atoms with Crippen molar-refractivity contribution < 1.29 is 22.5 Å². The van der Waals surface area contributed by atoms with E-state index in [1.54, 1.807) is 6.07 Å². The molecule has 128 valence electrons. The summed E-state index contributed by atoms with van der Waals surface area (Å²) in [6.07, 6.45) is -0.326. The van der Waals surface area contributed by atoms with Crippen LogP contribution in [-0.2, 0) is 11.3 Å². The molecule has 0 N–H and O–H groups in total. The summed E-state index contributed by atoms with van der Waals surface area (Å²) in [5.41, 5.74) is 1.10. The summed E-state index contributed by atoms with van der Waals surface area (Å²) in [6.45, 7) is 2.53. The number of rotatable bonds is 3. The van der Waals surface area contributed by atoms with Crippen LogP contribution in [0.15, 0.2) is 22.7 Å². The van der Waals surface area contributed by atoms with E-state index in [0.717, 1.165) is 5.39 Å². The van der Waals surface area contributed by atoms with E-state index < -0.39 is 17.7 Å². The van der Waals surface area contributed by atoms with Crippen LogP contribution in [0.5, 0.6) is 0 Å². The van der Waals surface area contributed by atoms with Crippen LogP contribution in [0.4, 0.5) is 13.2 Å². The number of piperazine rings is 1. The molecule has 1 aliphatic heterocycles. The standard InChI is InChI=1S/C16H16F3N3O2/c17-10-1-2-11-13(20-24-14(11)7-10)9-21-3-5-22(6-4-21)15(23)12-8-16(12,18)19/h1-2,7,12H,3-6,8-9H2. The van der Waals surface area contributed by atoms with Gasteiger partial charge in [0.2, 0.25) is 5.91 Å². The number of hydrogen-bond acceptors (Lipinski definition) is 4. The van der Waals surface area contributed by atoms with Crippen molar-refractivity contribution in [3.8, 4) is 0 Å². The Balaban J connectivity index is 1.37. The molecule has 1 aromatic carbocycles. The first-order valence-electron chi connectivity index (χ1n) is 7.87. The molecular formula is C16H16F3N3O2. The van der Waals surface area contributed by atoms with E-state index in [9.17, 15) is 18.0 Å².